The lowest BCUT2D eigenvalue weighted by Gasteiger charge is -2.32. The van der Waals surface area contributed by atoms with E-state index in [1.165, 1.54) is 0 Å². The van der Waals surface area contributed by atoms with Crippen LogP contribution in [0.3, 0.4) is 0 Å². The van der Waals surface area contributed by atoms with Crippen LogP contribution in [-0.4, -0.2) is 18.3 Å². The molecule has 19 heavy (non-hydrogen) atoms. The summed E-state index contributed by atoms with van der Waals surface area (Å²) in [6.45, 7) is 8.28. The maximum atomic E-state index is 6.07. The third kappa shape index (κ3) is 3.12. The number of nitrogens with two attached hydrogens (primary N) is 1. The lowest BCUT2D eigenvalue weighted by Crippen LogP contribution is -2.41. The molecule has 1 fully saturated rings. The molecule has 2 rings (SSSR count). The Morgan fingerprint density at radius 3 is 2.21 bits per heavy atom. The van der Waals surface area contributed by atoms with Crippen molar-refractivity contribution in [1.82, 2.24) is 0 Å². The fourth-order valence-corrected chi connectivity index (χ4v) is 2.14. The highest BCUT2D eigenvalue weighted by Crippen LogP contribution is 2.38. The van der Waals surface area contributed by atoms with Crippen molar-refractivity contribution in [1.29, 1.82) is 0 Å². The molecule has 2 N–H and O–H groups in total. The number of rotatable bonds is 1. The Balaban J connectivity index is 2.20. The van der Waals surface area contributed by atoms with E-state index in [1.54, 1.807) is 0 Å². The van der Waals surface area contributed by atoms with Crippen LogP contribution < -0.4 is 5.73 Å². The van der Waals surface area contributed by atoms with Crippen LogP contribution in [0.1, 0.15) is 47.0 Å². The second-order valence-corrected chi connectivity index (χ2v) is 6.26. The van der Waals surface area contributed by atoms with Gasteiger partial charge in [0.25, 0.3) is 0 Å². The van der Waals surface area contributed by atoms with E-state index >= 15 is 0 Å². The molecule has 0 spiro atoms. The fraction of sp³-hybridized carbons (Fsp3) is 0.600. The first-order valence-electron chi connectivity index (χ1n) is 7.01. The van der Waals surface area contributed by atoms with Crippen molar-refractivity contribution < 1.29 is 9.31 Å². The van der Waals surface area contributed by atoms with Crippen LogP contribution in [0.4, 0.5) is 0 Å². The molecule has 0 amide bonds. The van der Waals surface area contributed by atoms with Crippen LogP contribution in [-0.2, 0) is 9.31 Å². The van der Waals surface area contributed by atoms with E-state index in [4.69, 9.17) is 15.0 Å². The minimum Gasteiger partial charge on any atom is -0.399 e. The molecular formula is C15H24BNO2. The van der Waals surface area contributed by atoms with Gasteiger partial charge >= 0.3 is 7.12 Å². The molecule has 0 atom stereocenters. The van der Waals surface area contributed by atoms with Crippen molar-refractivity contribution in [3.63, 3.8) is 0 Å². The van der Waals surface area contributed by atoms with Crippen LogP contribution in [0, 0.1) is 0 Å². The summed E-state index contributed by atoms with van der Waals surface area (Å²) in [5, 5.41) is 0. The van der Waals surface area contributed by atoms with E-state index in [-0.39, 0.29) is 18.3 Å². The smallest absolute Gasteiger partial charge is 0.399 e. The summed E-state index contributed by atoms with van der Waals surface area (Å²) in [6, 6.07) is 0. The van der Waals surface area contributed by atoms with Crippen LogP contribution in [0.5, 0.6) is 0 Å². The quantitative estimate of drug-likeness (QED) is 0.737. The first-order valence-corrected chi connectivity index (χ1v) is 7.01. The number of hydrogen-bond acceptors (Lipinski definition) is 3. The Kier molecular flexibility index (Phi) is 3.93. The lowest BCUT2D eigenvalue weighted by molar-refractivity contribution is 0.00578. The topological polar surface area (TPSA) is 44.5 Å². The maximum Gasteiger partial charge on any atom is 0.494 e. The molecule has 0 saturated carbocycles. The normalized spacial score (nSPS) is 28.9. The lowest BCUT2D eigenvalue weighted by atomic mass is 9.77. The maximum absolute atomic E-state index is 6.07. The molecule has 1 aliphatic heterocycles. The first kappa shape index (κ1) is 14.4. The van der Waals surface area contributed by atoms with Gasteiger partial charge in [0.15, 0.2) is 0 Å². The van der Waals surface area contributed by atoms with Gasteiger partial charge in [-0.2, -0.15) is 0 Å². The zero-order valence-corrected chi connectivity index (χ0v) is 12.4. The predicted molar refractivity (Wildman–Crippen MR) is 79.4 cm³/mol. The summed E-state index contributed by atoms with van der Waals surface area (Å²) >= 11 is 0. The monoisotopic (exact) mass is 261 g/mol. The van der Waals surface area contributed by atoms with Crippen molar-refractivity contribution in [3.05, 3.63) is 35.5 Å². The molecule has 0 aromatic rings. The molecule has 1 saturated heterocycles. The van der Waals surface area contributed by atoms with E-state index in [1.807, 2.05) is 12.2 Å². The third-order valence-corrected chi connectivity index (χ3v) is 4.16. The predicted octanol–water partition coefficient (Wildman–Crippen LogP) is 3.13. The Morgan fingerprint density at radius 1 is 1.00 bits per heavy atom. The molecular weight excluding hydrogens is 237 g/mol. The zero-order valence-electron chi connectivity index (χ0n) is 12.4. The molecule has 0 aromatic carbocycles. The Labute approximate surface area is 116 Å². The summed E-state index contributed by atoms with van der Waals surface area (Å²) < 4.78 is 12.1. The van der Waals surface area contributed by atoms with Crippen LogP contribution in [0.15, 0.2) is 35.5 Å². The third-order valence-electron chi connectivity index (χ3n) is 4.16. The summed E-state index contributed by atoms with van der Waals surface area (Å²) in [7, 11) is -0.299. The molecule has 3 nitrogen and oxygen atoms in total. The van der Waals surface area contributed by atoms with Crippen molar-refractivity contribution in [2.75, 3.05) is 0 Å². The SMILES string of the molecule is CC1(C)OB(C2=CCCC/C=C(\N)C=C2)OC1(C)C. The molecule has 1 aliphatic carbocycles. The molecule has 104 valence electrons. The fourth-order valence-electron chi connectivity index (χ4n) is 2.14. The summed E-state index contributed by atoms with van der Waals surface area (Å²) in [5.74, 6) is 0. The van der Waals surface area contributed by atoms with Gasteiger partial charge in [0.05, 0.1) is 11.2 Å². The van der Waals surface area contributed by atoms with E-state index in [0.29, 0.717) is 0 Å². The van der Waals surface area contributed by atoms with Crippen molar-refractivity contribution in [2.45, 2.75) is 58.2 Å². The van der Waals surface area contributed by atoms with Gasteiger partial charge < -0.3 is 15.0 Å². The average molecular weight is 261 g/mol. The minimum absolute atomic E-state index is 0.299. The van der Waals surface area contributed by atoms with Gasteiger partial charge in [-0.1, -0.05) is 18.2 Å². The van der Waals surface area contributed by atoms with E-state index < -0.39 is 0 Å². The molecule has 4 heteroatoms. The van der Waals surface area contributed by atoms with Crippen LogP contribution in [0.2, 0.25) is 0 Å². The van der Waals surface area contributed by atoms with Crippen molar-refractivity contribution in [3.8, 4) is 0 Å². The van der Waals surface area contributed by atoms with E-state index in [9.17, 15) is 0 Å². The zero-order chi connectivity index (χ0) is 14.1. The first-order chi connectivity index (χ1) is 8.82. The highest BCUT2D eigenvalue weighted by molar-refractivity contribution is 6.55. The Morgan fingerprint density at radius 2 is 1.58 bits per heavy atom. The molecule has 0 unspecified atom stereocenters. The summed E-state index contributed by atoms with van der Waals surface area (Å²) in [4.78, 5) is 0. The van der Waals surface area contributed by atoms with Crippen LogP contribution in [0.25, 0.3) is 0 Å². The minimum atomic E-state index is -0.299. The number of hydrogen-bond donors (Lipinski definition) is 1. The number of allylic oxidation sites excluding steroid dienone is 5. The van der Waals surface area contributed by atoms with Gasteiger partial charge in [-0.3, -0.25) is 0 Å². The van der Waals surface area contributed by atoms with E-state index in [0.717, 1.165) is 30.4 Å². The van der Waals surface area contributed by atoms with Gasteiger partial charge in [0.1, 0.15) is 0 Å². The average Bonchev–Trinajstić information content (AvgIpc) is 2.57. The molecule has 2 aliphatic rings. The van der Waals surface area contributed by atoms with Gasteiger partial charge in [-0.25, -0.2) is 0 Å². The van der Waals surface area contributed by atoms with Crippen molar-refractivity contribution in [2.24, 2.45) is 5.73 Å². The van der Waals surface area contributed by atoms with Gasteiger partial charge in [-0.05, 0) is 58.5 Å². The molecule has 0 radical (unpaired) electrons. The van der Waals surface area contributed by atoms with Gasteiger partial charge in [0.2, 0.25) is 0 Å². The highest BCUT2D eigenvalue weighted by Gasteiger charge is 2.51. The van der Waals surface area contributed by atoms with Gasteiger partial charge in [-0.15, -0.1) is 0 Å². The Hall–Kier alpha value is -0.995. The van der Waals surface area contributed by atoms with Gasteiger partial charge in [0, 0.05) is 5.70 Å². The molecule has 0 bridgehead atoms. The largest absolute Gasteiger partial charge is 0.494 e. The summed E-state index contributed by atoms with van der Waals surface area (Å²) in [5.41, 5.74) is 7.18. The molecule has 0 aromatic heterocycles. The van der Waals surface area contributed by atoms with Crippen molar-refractivity contribution >= 4 is 7.12 Å². The second-order valence-electron chi connectivity index (χ2n) is 6.26. The molecule has 1 heterocycles. The second kappa shape index (κ2) is 5.18. The van der Waals surface area contributed by atoms with E-state index in [2.05, 4.69) is 39.8 Å². The summed E-state index contributed by atoms with van der Waals surface area (Å²) in [6.07, 6.45) is 11.4. The Bertz CT molecular complexity index is 419. The van der Waals surface area contributed by atoms with Crippen LogP contribution >= 0.6 is 0 Å². The standard InChI is InChI=1S/C15H24BNO2/c1-14(2)15(3,4)19-16(18-14)12-8-6-5-7-9-13(17)11-10-12/h8-11H,5-7,17H2,1-4H3/b11-10?,12-8?,13-9-. The highest BCUT2D eigenvalue weighted by atomic mass is 16.7.